The molecule has 0 bridgehead atoms. The number of carbonyl (C=O) groups excluding carboxylic acids is 1. The van der Waals surface area contributed by atoms with Gasteiger partial charge in [-0.3, -0.25) is 4.79 Å². The van der Waals surface area contributed by atoms with E-state index in [2.05, 4.69) is 23.2 Å². The van der Waals surface area contributed by atoms with Crippen molar-refractivity contribution in [3.63, 3.8) is 0 Å². The second kappa shape index (κ2) is 8.20. The van der Waals surface area contributed by atoms with E-state index in [1.807, 2.05) is 55.6 Å². The number of rotatable bonds is 4. The summed E-state index contributed by atoms with van der Waals surface area (Å²) in [4.78, 5) is 21.9. The first kappa shape index (κ1) is 20.4. The zero-order chi connectivity index (χ0) is 22.1. The van der Waals surface area contributed by atoms with Crippen molar-refractivity contribution in [3.8, 4) is 11.8 Å². The van der Waals surface area contributed by atoms with Crippen molar-refractivity contribution in [2.75, 3.05) is 0 Å². The number of nitriles is 1. The number of fused-ring (bicyclic) bond motifs is 3. The van der Waals surface area contributed by atoms with Gasteiger partial charge in [0.1, 0.15) is 24.6 Å². The molecular weight excluding hydrogens is 398 g/mol. The molecule has 2 aliphatic carbocycles. The zero-order valence-corrected chi connectivity index (χ0v) is 18.1. The summed E-state index contributed by atoms with van der Waals surface area (Å²) in [5, 5.41) is 9.82. The standard InChI is InChI=1S/C27H25N3O2/c1-18-24-11-10-20-15-29-17-30-26(20)27(24,13-21(14-28)25(18)31)22-8-5-9-23(12-22)32-16-19-6-3-2-4-7-19/h2-9,12,15,17-18,21,24H,10-11,13,16H2,1H3/t18-,21?,24-,27+/m0/s1. The molecule has 5 rings (SSSR count). The van der Waals surface area contributed by atoms with Gasteiger partial charge in [-0.05, 0) is 54.0 Å². The van der Waals surface area contributed by atoms with Crippen molar-refractivity contribution >= 4 is 5.78 Å². The fourth-order valence-electron chi connectivity index (χ4n) is 5.72. The van der Waals surface area contributed by atoms with Crippen molar-refractivity contribution in [3.05, 3.63) is 89.5 Å². The van der Waals surface area contributed by atoms with E-state index in [0.717, 1.165) is 41.0 Å². The maximum atomic E-state index is 12.9. The third-order valence-electron chi connectivity index (χ3n) is 7.24. The highest BCUT2D eigenvalue weighted by molar-refractivity contribution is 5.87. The molecule has 0 spiro atoms. The summed E-state index contributed by atoms with van der Waals surface area (Å²) >= 11 is 0. The first-order valence-corrected chi connectivity index (χ1v) is 11.1. The highest BCUT2D eigenvalue weighted by atomic mass is 16.5. The molecule has 1 unspecified atom stereocenters. The van der Waals surface area contributed by atoms with Gasteiger partial charge in [-0.25, -0.2) is 9.97 Å². The number of hydrogen-bond donors (Lipinski definition) is 0. The average molecular weight is 424 g/mol. The minimum absolute atomic E-state index is 0.0575. The number of aromatic nitrogens is 2. The molecule has 3 aromatic rings. The molecule has 4 atom stereocenters. The lowest BCUT2D eigenvalue weighted by Gasteiger charge is -2.51. The molecular formula is C27H25N3O2. The SMILES string of the molecule is C[C@@H]1C(=O)C(C#N)C[C@]2(c3cccc(OCc4ccccc4)c3)c3ncncc3CC[C@@H]12. The average Bonchev–Trinajstić information content (AvgIpc) is 2.85. The van der Waals surface area contributed by atoms with E-state index >= 15 is 0 Å². The Morgan fingerprint density at radius 1 is 1.19 bits per heavy atom. The van der Waals surface area contributed by atoms with Crippen LogP contribution in [0.5, 0.6) is 5.75 Å². The Balaban J connectivity index is 1.60. The Morgan fingerprint density at radius 2 is 2.03 bits per heavy atom. The van der Waals surface area contributed by atoms with Gasteiger partial charge in [0.05, 0.1) is 11.8 Å². The fourth-order valence-corrected chi connectivity index (χ4v) is 5.72. The topological polar surface area (TPSA) is 75.9 Å². The van der Waals surface area contributed by atoms with Crippen molar-refractivity contribution < 1.29 is 9.53 Å². The summed E-state index contributed by atoms with van der Waals surface area (Å²) in [5.41, 5.74) is 3.73. The van der Waals surface area contributed by atoms with E-state index in [1.165, 1.54) is 0 Å². The van der Waals surface area contributed by atoms with Crippen molar-refractivity contribution in [1.82, 2.24) is 9.97 Å². The van der Waals surface area contributed by atoms with Gasteiger partial charge in [-0.2, -0.15) is 5.26 Å². The van der Waals surface area contributed by atoms with Crippen LogP contribution in [0.15, 0.2) is 67.1 Å². The largest absolute Gasteiger partial charge is 0.489 e. The summed E-state index contributed by atoms with van der Waals surface area (Å²) in [5.74, 6) is 0.0775. The van der Waals surface area contributed by atoms with Gasteiger partial charge in [0.25, 0.3) is 0 Å². The lowest BCUT2D eigenvalue weighted by atomic mass is 9.51. The molecule has 5 nitrogen and oxygen atoms in total. The Bertz CT molecular complexity index is 1190. The van der Waals surface area contributed by atoms with E-state index in [1.54, 1.807) is 6.33 Å². The van der Waals surface area contributed by atoms with Gasteiger partial charge < -0.3 is 4.74 Å². The predicted octanol–water partition coefficient (Wildman–Crippen LogP) is 4.65. The summed E-state index contributed by atoms with van der Waals surface area (Å²) in [6.45, 7) is 2.46. The molecule has 1 fully saturated rings. The zero-order valence-electron chi connectivity index (χ0n) is 18.1. The minimum Gasteiger partial charge on any atom is -0.489 e. The van der Waals surface area contributed by atoms with E-state index < -0.39 is 11.3 Å². The van der Waals surface area contributed by atoms with E-state index in [9.17, 15) is 10.1 Å². The molecule has 0 amide bonds. The first-order chi connectivity index (χ1) is 15.6. The smallest absolute Gasteiger partial charge is 0.153 e. The van der Waals surface area contributed by atoms with Crippen molar-refractivity contribution in [2.45, 2.75) is 38.2 Å². The molecule has 1 aromatic heterocycles. The van der Waals surface area contributed by atoms with E-state index in [4.69, 9.17) is 9.72 Å². The van der Waals surface area contributed by atoms with E-state index in [0.29, 0.717) is 13.0 Å². The minimum atomic E-state index is -0.643. The van der Waals surface area contributed by atoms with Gasteiger partial charge in [0.15, 0.2) is 5.78 Å². The van der Waals surface area contributed by atoms with Crippen molar-refractivity contribution in [2.24, 2.45) is 17.8 Å². The maximum absolute atomic E-state index is 12.9. The Labute approximate surface area is 188 Å². The number of nitrogens with zero attached hydrogens (tertiary/aromatic N) is 3. The van der Waals surface area contributed by atoms with Gasteiger partial charge in [-0.15, -0.1) is 0 Å². The van der Waals surface area contributed by atoms with E-state index in [-0.39, 0.29) is 17.6 Å². The van der Waals surface area contributed by atoms with Crippen molar-refractivity contribution in [1.29, 1.82) is 5.26 Å². The van der Waals surface area contributed by atoms with Crippen LogP contribution in [0.4, 0.5) is 0 Å². The van der Waals surface area contributed by atoms with Crippen LogP contribution in [0.3, 0.4) is 0 Å². The predicted molar refractivity (Wildman–Crippen MR) is 120 cm³/mol. The second-order valence-corrected chi connectivity index (χ2v) is 8.89. The van der Waals surface area contributed by atoms with Crippen LogP contribution in [0, 0.1) is 29.1 Å². The lowest BCUT2D eigenvalue weighted by Crippen LogP contribution is -2.53. The highest BCUT2D eigenvalue weighted by Gasteiger charge is 2.56. The van der Waals surface area contributed by atoms with Gasteiger partial charge in [0, 0.05) is 17.5 Å². The number of Topliss-reactive ketones (excluding diaryl/α,β-unsaturated/α-hetero) is 1. The molecule has 2 aromatic carbocycles. The molecule has 160 valence electrons. The fraction of sp³-hybridized carbons (Fsp3) is 0.333. The van der Waals surface area contributed by atoms with Crippen LogP contribution in [0.1, 0.15) is 42.1 Å². The molecule has 1 heterocycles. The first-order valence-electron chi connectivity index (χ1n) is 11.1. The van der Waals surface area contributed by atoms with Crippen LogP contribution >= 0.6 is 0 Å². The second-order valence-electron chi connectivity index (χ2n) is 8.89. The Kier molecular flexibility index (Phi) is 5.22. The summed E-state index contributed by atoms with van der Waals surface area (Å²) in [7, 11) is 0. The molecule has 32 heavy (non-hydrogen) atoms. The normalized spacial score (nSPS) is 26.5. The summed E-state index contributed by atoms with van der Waals surface area (Å²) in [6.07, 6.45) is 5.64. The lowest BCUT2D eigenvalue weighted by molar-refractivity contribution is -0.131. The quantitative estimate of drug-likeness (QED) is 0.610. The third-order valence-corrected chi connectivity index (χ3v) is 7.24. The maximum Gasteiger partial charge on any atom is 0.153 e. The number of aryl methyl sites for hydroxylation is 1. The molecule has 2 aliphatic rings. The van der Waals surface area contributed by atoms with Crippen LogP contribution in [0.25, 0.3) is 0 Å². The van der Waals surface area contributed by atoms with Gasteiger partial charge in [-0.1, -0.05) is 49.4 Å². The molecule has 1 saturated carbocycles. The molecule has 5 heteroatoms. The van der Waals surface area contributed by atoms with Gasteiger partial charge in [0.2, 0.25) is 0 Å². The van der Waals surface area contributed by atoms with Crippen LogP contribution < -0.4 is 4.74 Å². The van der Waals surface area contributed by atoms with Crippen LogP contribution in [0.2, 0.25) is 0 Å². The molecule has 0 N–H and O–H groups in total. The molecule has 0 aliphatic heterocycles. The number of benzene rings is 2. The number of hydrogen-bond acceptors (Lipinski definition) is 5. The number of ketones is 1. The van der Waals surface area contributed by atoms with Crippen LogP contribution in [-0.2, 0) is 23.2 Å². The Hall–Kier alpha value is -3.52. The highest BCUT2D eigenvalue weighted by Crippen LogP contribution is 2.55. The third kappa shape index (κ3) is 3.27. The van der Waals surface area contributed by atoms with Gasteiger partial charge >= 0.3 is 0 Å². The molecule has 0 saturated heterocycles. The Morgan fingerprint density at radius 3 is 2.84 bits per heavy atom. The summed E-state index contributed by atoms with van der Waals surface area (Å²) in [6, 6.07) is 20.5. The monoisotopic (exact) mass is 423 g/mol. The van der Waals surface area contributed by atoms with Crippen LogP contribution in [-0.4, -0.2) is 15.8 Å². The number of ether oxygens (including phenoxy) is 1. The number of carbonyl (C=O) groups is 1. The summed E-state index contributed by atoms with van der Waals surface area (Å²) < 4.78 is 6.12. The molecule has 0 radical (unpaired) electrons.